The molecule has 0 saturated carbocycles. The Kier molecular flexibility index (Phi) is 5.32. The van der Waals surface area contributed by atoms with E-state index in [0.717, 1.165) is 0 Å². The molecule has 1 aromatic carbocycles. The number of carboxylic acid groups (broad SMARTS) is 1. The summed E-state index contributed by atoms with van der Waals surface area (Å²) in [6.45, 7) is 0. The van der Waals surface area contributed by atoms with Gasteiger partial charge in [0.1, 0.15) is 0 Å². The molecule has 0 aliphatic carbocycles. The van der Waals surface area contributed by atoms with Gasteiger partial charge in [-0.05, 0) is 12.1 Å². The number of carboxylic acids is 1. The normalized spacial score (nSPS) is 11.6. The molecular weight excluding hydrogens is 258 g/mol. The van der Waals surface area contributed by atoms with E-state index in [9.17, 15) is 14.4 Å². The first-order valence-electron chi connectivity index (χ1n) is 5.21. The SMILES string of the molecule is O=C(O)CC(NC(=O)c1ccccc1)C(=O)CCl. The van der Waals surface area contributed by atoms with Crippen molar-refractivity contribution in [3.63, 3.8) is 0 Å². The Morgan fingerprint density at radius 3 is 2.33 bits per heavy atom. The fraction of sp³-hybridized carbons (Fsp3) is 0.250. The highest BCUT2D eigenvalue weighted by Crippen LogP contribution is 2.02. The molecule has 5 nitrogen and oxygen atoms in total. The highest BCUT2D eigenvalue weighted by atomic mass is 35.5. The molecule has 1 rings (SSSR count). The van der Waals surface area contributed by atoms with Crippen molar-refractivity contribution < 1.29 is 19.5 Å². The number of Topliss-reactive ketones (excluding diaryl/α,β-unsaturated/α-hetero) is 1. The largest absolute Gasteiger partial charge is 0.481 e. The van der Waals surface area contributed by atoms with E-state index in [0.29, 0.717) is 5.56 Å². The van der Waals surface area contributed by atoms with Gasteiger partial charge in [-0.25, -0.2) is 0 Å². The number of nitrogens with one attached hydrogen (secondary N) is 1. The second-order valence-corrected chi connectivity index (χ2v) is 3.86. The molecule has 1 aromatic rings. The summed E-state index contributed by atoms with van der Waals surface area (Å²) < 4.78 is 0. The lowest BCUT2D eigenvalue weighted by Crippen LogP contribution is -2.42. The number of alkyl halides is 1. The van der Waals surface area contributed by atoms with E-state index in [2.05, 4.69) is 5.32 Å². The maximum atomic E-state index is 11.8. The summed E-state index contributed by atoms with van der Waals surface area (Å²) in [5.41, 5.74) is 0.357. The van der Waals surface area contributed by atoms with Gasteiger partial charge >= 0.3 is 5.97 Å². The number of benzene rings is 1. The average Bonchev–Trinajstić information content (AvgIpc) is 2.37. The van der Waals surface area contributed by atoms with Gasteiger partial charge in [-0.15, -0.1) is 11.6 Å². The molecular formula is C12H12ClNO4. The first-order chi connectivity index (χ1) is 8.54. The van der Waals surface area contributed by atoms with E-state index in [1.165, 1.54) is 0 Å². The van der Waals surface area contributed by atoms with Crippen LogP contribution in [0.2, 0.25) is 0 Å². The lowest BCUT2D eigenvalue weighted by Gasteiger charge is -2.14. The average molecular weight is 270 g/mol. The van der Waals surface area contributed by atoms with Gasteiger partial charge in [0, 0.05) is 5.56 Å². The third-order valence-corrected chi connectivity index (χ3v) is 2.50. The van der Waals surface area contributed by atoms with Crippen molar-refractivity contribution in [3.8, 4) is 0 Å². The summed E-state index contributed by atoms with van der Waals surface area (Å²) in [6.07, 6.45) is -0.482. The highest BCUT2D eigenvalue weighted by Gasteiger charge is 2.23. The molecule has 0 radical (unpaired) electrons. The number of aliphatic carboxylic acids is 1. The molecule has 0 fully saturated rings. The van der Waals surface area contributed by atoms with Crippen LogP contribution in [0.5, 0.6) is 0 Å². The number of amides is 1. The summed E-state index contributed by atoms with van der Waals surface area (Å²) >= 11 is 5.37. The Bertz CT molecular complexity index is 447. The minimum atomic E-state index is -1.17. The third kappa shape index (κ3) is 4.18. The first-order valence-corrected chi connectivity index (χ1v) is 5.74. The summed E-state index contributed by atoms with van der Waals surface area (Å²) in [6, 6.07) is 7.12. The van der Waals surface area contributed by atoms with Gasteiger partial charge in [0.25, 0.3) is 5.91 Å². The smallest absolute Gasteiger partial charge is 0.305 e. The van der Waals surface area contributed by atoms with E-state index < -0.39 is 30.1 Å². The van der Waals surface area contributed by atoms with Crippen LogP contribution in [0.15, 0.2) is 30.3 Å². The van der Waals surface area contributed by atoms with Crippen LogP contribution >= 0.6 is 11.6 Å². The van der Waals surface area contributed by atoms with E-state index in [1.807, 2.05) is 0 Å². The van der Waals surface area contributed by atoms with Crippen LogP contribution in [-0.2, 0) is 9.59 Å². The predicted molar refractivity (Wildman–Crippen MR) is 65.7 cm³/mol. The predicted octanol–water partition coefficient (Wildman–Crippen LogP) is 1.07. The van der Waals surface area contributed by atoms with E-state index >= 15 is 0 Å². The zero-order valence-electron chi connectivity index (χ0n) is 9.43. The van der Waals surface area contributed by atoms with Crippen LogP contribution in [0.3, 0.4) is 0 Å². The number of hydrogen-bond donors (Lipinski definition) is 2. The van der Waals surface area contributed by atoms with E-state index in [4.69, 9.17) is 16.7 Å². The lowest BCUT2D eigenvalue weighted by molar-refractivity contribution is -0.139. The van der Waals surface area contributed by atoms with Crippen LogP contribution in [-0.4, -0.2) is 34.7 Å². The minimum Gasteiger partial charge on any atom is -0.481 e. The number of ketones is 1. The number of hydrogen-bond acceptors (Lipinski definition) is 3. The number of carbonyl (C=O) groups is 3. The molecule has 2 N–H and O–H groups in total. The Hall–Kier alpha value is -1.88. The van der Waals surface area contributed by atoms with Gasteiger partial charge in [0.2, 0.25) is 0 Å². The molecule has 18 heavy (non-hydrogen) atoms. The molecule has 1 unspecified atom stereocenters. The Balaban J connectivity index is 2.74. The van der Waals surface area contributed by atoms with Gasteiger partial charge in [-0.3, -0.25) is 14.4 Å². The van der Waals surface area contributed by atoms with Crippen LogP contribution in [0.25, 0.3) is 0 Å². The van der Waals surface area contributed by atoms with Gasteiger partial charge in [-0.2, -0.15) is 0 Å². The molecule has 96 valence electrons. The van der Waals surface area contributed by atoms with Crippen LogP contribution in [0, 0.1) is 0 Å². The molecule has 0 aliphatic rings. The molecule has 1 amide bonds. The standard InChI is InChI=1S/C12H12ClNO4/c13-7-10(15)9(6-11(16)17)14-12(18)8-4-2-1-3-5-8/h1-5,9H,6-7H2,(H,14,18)(H,16,17). The Morgan fingerprint density at radius 1 is 1.22 bits per heavy atom. The molecule has 0 aromatic heterocycles. The molecule has 0 aliphatic heterocycles. The lowest BCUT2D eigenvalue weighted by atomic mass is 10.1. The van der Waals surface area contributed by atoms with Crippen molar-refractivity contribution in [2.24, 2.45) is 0 Å². The zero-order valence-corrected chi connectivity index (χ0v) is 10.2. The fourth-order valence-corrected chi connectivity index (χ4v) is 1.53. The van der Waals surface area contributed by atoms with Crippen LogP contribution < -0.4 is 5.32 Å². The minimum absolute atomic E-state index is 0.340. The molecule has 1 atom stereocenters. The van der Waals surface area contributed by atoms with Crippen LogP contribution in [0.4, 0.5) is 0 Å². The molecule has 6 heteroatoms. The first kappa shape index (κ1) is 14.2. The second-order valence-electron chi connectivity index (χ2n) is 3.59. The monoisotopic (exact) mass is 269 g/mol. The van der Waals surface area contributed by atoms with E-state index in [1.54, 1.807) is 30.3 Å². The van der Waals surface area contributed by atoms with Crippen molar-refractivity contribution in [2.75, 3.05) is 5.88 Å². The Morgan fingerprint density at radius 2 is 1.83 bits per heavy atom. The van der Waals surface area contributed by atoms with Gasteiger partial charge < -0.3 is 10.4 Å². The van der Waals surface area contributed by atoms with Gasteiger partial charge in [0.15, 0.2) is 5.78 Å². The molecule has 0 bridgehead atoms. The summed E-state index contributed by atoms with van der Waals surface area (Å²) in [4.78, 5) is 33.8. The quantitative estimate of drug-likeness (QED) is 0.757. The number of halogens is 1. The van der Waals surface area contributed by atoms with Crippen molar-refractivity contribution >= 4 is 29.3 Å². The maximum Gasteiger partial charge on any atom is 0.305 e. The van der Waals surface area contributed by atoms with Crippen molar-refractivity contribution in [3.05, 3.63) is 35.9 Å². The van der Waals surface area contributed by atoms with Gasteiger partial charge in [0.05, 0.1) is 18.3 Å². The van der Waals surface area contributed by atoms with Crippen molar-refractivity contribution in [2.45, 2.75) is 12.5 Å². The number of carbonyl (C=O) groups excluding carboxylic acids is 2. The summed E-state index contributed by atoms with van der Waals surface area (Å²) in [7, 11) is 0. The van der Waals surface area contributed by atoms with Crippen molar-refractivity contribution in [1.82, 2.24) is 5.32 Å². The maximum absolute atomic E-state index is 11.8. The van der Waals surface area contributed by atoms with Crippen LogP contribution in [0.1, 0.15) is 16.8 Å². The molecule has 0 spiro atoms. The molecule has 0 heterocycles. The van der Waals surface area contributed by atoms with Crippen molar-refractivity contribution in [1.29, 1.82) is 0 Å². The third-order valence-electron chi connectivity index (χ3n) is 2.24. The van der Waals surface area contributed by atoms with Gasteiger partial charge in [-0.1, -0.05) is 18.2 Å². The summed E-state index contributed by atoms with van der Waals surface area (Å²) in [5.74, 6) is -2.54. The topological polar surface area (TPSA) is 83.5 Å². The molecule has 0 saturated heterocycles. The Labute approximate surface area is 109 Å². The number of rotatable bonds is 6. The highest BCUT2D eigenvalue weighted by molar-refractivity contribution is 6.28. The second kappa shape index (κ2) is 6.76. The van der Waals surface area contributed by atoms with E-state index in [-0.39, 0.29) is 5.88 Å². The zero-order chi connectivity index (χ0) is 13.5. The summed E-state index contributed by atoms with van der Waals surface area (Å²) in [5, 5.41) is 11.0. The fourth-order valence-electron chi connectivity index (χ4n) is 1.34.